The number of benzene rings is 1. The van der Waals surface area contributed by atoms with Gasteiger partial charge >= 0.3 is 6.18 Å². The highest BCUT2D eigenvalue weighted by atomic mass is 19.4. The Balaban J connectivity index is 2.07. The lowest BCUT2D eigenvalue weighted by atomic mass is 9.93. The standard InChI is InChI=1S/C14H16F3N3/c1-2-13(6-3-7-18-13)12-19-10-5-4-9(14(15,16)17)8-11(10)20-12/h4-5,8,18H,2-3,6-7H2,1H3,(H,19,20). The van der Waals surface area contributed by atoms with E-state index in [1.165, 1.54) is 6.07 Å². The van der Waals surface area contributed by atoms with Gasteiger partial charge in [0.15, 0.2) is 0 Å². The number of imidazole rings is 1. The van der Waals surface area contributed by atoms with Crippen molar-refractivity contribution in [3.8, 4) is 0 Å². The van der Waals surface area contributed by atoms with Crippen LogP contribution in [0.4, 0.5) is 13.2 Å². The van der Waals surface area contributed by atoms with Gasteiger partial charge in [-0.05, 0) is 44.0 Å². The van der Waals surface area contributed by atoms with Crippen LogP contribution in [0.5, 0.6) is 0 Å². The van der Waals surface area contributed by atoms with Crippen molar-refractivity contribution in [3.63, 3.8) is 0 Å². The van der Waals surface area contributed by atoms with E-state index in [2.05, 4.69) is 22.2 Å². The minimum atomic E-state index is -4.33. The molecule has 3 nitrogen and oxygen atoms in total. The number of H-pyrrole nitrogens is 1. The smallest absolute Gasteiger partial charge is 0.340 e. The summed E-state index contributed by atoms with van der Waals surface area (Å²) < 4.78 is 38.2. The van der Waals surface area contributed by atoms with Gasteiger partial charge in [0.2, 0.25) is 0 Å². The third kappa shape index (κ3) is 2.08. The predicted molar refractivity (Wildman–Crippen MR) is 70.3 cm³/mol. The van der Waals surface area contributed by atoms with E-state index in [1.54, 1.807) is 0 Å². The molecule has 0 spiro atoms. The molecular weight excluding hydrogens is 267 g/mol. The molecule has 1 aliphatic rings. The molecule has 108 valence electrons. The number of alkyl halides is 3. The Bertz CT molecular complexity index is 624. The van der Waals surface area contributed by atoms with Crippen molar-refractivity contribution in [1.82, 2.24) is 15.3 Å². The summed E-state index contributed by atoms with van der Waals surface area (Å²) in [4.78, 5) is 7.54. The maximum Gasteiger partial charge on any atom is 0.416 e. The van der Waals surface area contributed by atoms with Crippen molar-refractivity contribution in [1.29, 1.82) is 0 Å². The van der Waals surface area contributed by atoms with Crippen LogP contribution in [0.2, 0.25) is 0 Å². The van der Waals surface area contributed by atoms with Gasteiger partial charge in [-0.2, -0.15) is 13.2 Å². The van der Waals surface area contributed by atoms with E-state index in [-0.39, 0.29) is 5.54 Å². The Hall–Kier alpha value is -1.56. The Morgan fingerprint density at radius 1 is 1.35 bits per heavy atom. The second kappa shape index (κ2) is 4.48. The number of rotatable bonds is 2. The molecule has 0 aliphatic carbocycles. The van der Waals surface area contributed by atoms with E-state index in [0.29, 0.717) is 11.0 Å². The first-order valence-electron chi connectivity index (χ1n) is 6.77. The molecule has 0 amide bonds. The predicted octanol–water partition coefficient (Wildman–Crippen LogP) is 3.57. The molecule has 2 N–H and O–H groups in total. The van der Waals surface area contributed by atoms with Gasteiger partial charge < -0.3 is 10.3 Å². The van der Waals surface area contributed by atoms with Crippen LogP contribution in [-0.2, 0) is 11.7 Å². The van der Waals surface area contributed by atoms with Crippen LogP contribution in [0.25, 0.3) is 11.0 Å². The minimum Gasteiger partial charge on any atom is -0.340 e. The van der Waals surface area contributed by atoms with E-state index in [0.717, 1.165) is 43.8 Å². The summed E-state index contributed by atoms with van der Waals surface area (Å²) in [5.74, 6) is 0.742. The average Bonchev–Trinajstić information content (AvgIpc) is 3.04. The van der Waals surface area contributed by atoms with Crippen LogP contribution in [0.1, 0.15) is 37.6 Å². The topological polar surface area (TPSA) is 40.7 Å². The molecule has 1 aromatic carbocycles. The van der Waals surface area contributed by atoms with Crippen LogP contribution in [0, 0.1) is 0 Å². The minimum absolute atomic E-state index is 0.225. The van der Waals surface area contributed by atoms with Crippen molar-refractivity contribution in [2.45, 2.75) is 37.9 Å². The summed E-state index contributed by atoms with van der Waals surface area (Å²) in [7, 11) is 0. The summed E-state index contributed by atoms with van der Waals surface area (Å²) in [5.41, 5.74) is 0.147. The SMILES string of the molecule is CCC1(c2nc3ccc(C(F)(F)F)cc3[nH]2)CCCN1. The highest BCUT2D eigenvalue weighted by Gasteiger charge is 2.37. The highest BCUT2D eigenvalue weighted by Crippen LogP contribution is 2.35. The molecule has 2 heterocycles. The van der Waals surface area contributed by atoms with Gasteiger partial charge in [0.1, 0.15) is 5.82 Å². The first-order valence-corrected chi connectivity index (χ1v) is 6.77. The van der Waals surface area contributed by atoms with Gasteiger partial charge in [0.05, 0.1) is 22.1 Å². The number of halogens is 3. The number of hydrogen-bond donors (Lipinski definition) is 2. The lowest BCUT2D eigenvalue weighted by Gasteiger charge is -2.25. The van der Waals surface area contributed by atoms with Gasteiger partial charge in [-0.25, -0.2) is 4.98 Å². The second-order valence-electron chi connectivity index (χ2n) is 5.28. The van der Waals surface area contributed by atoms with Crippen molar-refractivity contribution in [2.24, 2.45) is 0 Å². The highest BCUT2D eigenvalue weighted by molar-refractivity contribution is 5.76. The van der Waals surface area contributed by atoms with Crippen LogP contribution >= 0.6 is 0 Å². The van der Waals surface area contributed by atoms with E-state index < -0.39 is 11.7 Å². The van der Waals surface area contributed by atoms with Crippen LogP contribution in [0.3, 0.4) is 0 Å². The van der Waals surface area contributed by atoms with Crippen LogP contribution in [-0.4, -0.2) is 16.5 Å². The molecule has 0 bridgehead atoms. The molecular formula is C14H16F3N3. The Morgan fingerprint density at radius 2 is 2.15 bits per heavy atom. The molecule has 20 heavy (non-hydrogen) atoms. The van der Waals surface area contributed by atoms with Crippen molar-refractivity contribution >= 4 is 11.0 Å². The van der Waals surface area contributed by atoms with E-state index in [1.807, 2.05) is 0 Å². The molecule has 1 aliphatic heterocycles. The fraction of sp³-hybridized carbons (Fsp3) is 0.500. The molecule has 6 heteroatoms. The van der Waals surface area contributed by atoms with Gasteiger partial charge in [-0.1, -0.05) is 6.92 Å². The molecule has 3 rings (SSSR count). The van der Waals surface area contributed by atoms with Gasteiger partial charge in [0, 0.05) is 0 Å². The molecule has 1 saturated heterocycles. The molecule has 0 radical (unpaired) electrons. The fourth-order valence-electron chi connectivity index (χ4n) is 2.89. The zero-order valence-electron chi connectivity index (χ0n) is 11.1. The first kappa shape index (κ1) is 13.4. The molecule has 1 fully saturated rings. The molecule has 2 aromatic rings. The maximum atomic E-state index is 12.7. The number of fused-ring (bicyclic) bond motifs is 1. The summed E-state index contributed by atoms with van der Waals surface area (Å²) in [6.07, 6.45) is -1.46. The number of hydrogen-bond acceptors (Lipinski definition) is 2. The van der Waals surface area contributed by atoms with Gasteiger partial charge in [0.25, 0.3) is 0 Å². The summed E-state index contributed by atoms with van der Waals surface area (Å²) >= 11 is 0. The number of nitrogens with zero attached hydrogens (tertiary/aromatic N) is 1. The molecule has 0 saturated carbocycles. The Morgan fingerprint density at radius 3 is 2.75 bits per heavy atom. The Labute approximate surface area is 114 Å². The summed E-state index contributed by atoms with van der Waals surface area (Å²) in [6.45, 7) is 2.98. The number of aromatic nitrogens is 2. The normalized spacial score (nSPS) is 23.6. The largest absolute Gasteiger partial charge is 0.416 e. The zero-order chi connectivity index (χ0) is 14.4. The third-order valence-corrected chi connectivity index (χ3v) is 4.11. The molecule has 1 atom stereocenters. The van der Waals surface area contributed by atoms with Crippen molar-refractivity contribution < 1.29 is 13.2 Å². The zero-order valence-corrected chi connectivity index (χ0v) is 11.1. The fourth-order valence-corrected chi connectivity index (χ4v) is 2.89. The summed E-state index contributed by atoms with van der Waals surface area (Å²) in [6, 6.07) is 3.63. The van der Waals surface area contributed by atoms with Crippen molar-refractivity contribution in [3.05, 3.63) is 29.6 Å². The van der Waals surface area contributed by atoms with E-state index >= 15 is 0 Å². The van der Waals surface area contributed by atoms with Crippen LogP contribution in [0.15, 0.2) is 18.2 Å². The molecule has 1 unspecified atom stereocenters. The van der Waals surface area contributed by atoms with E-state index in [9.17, 15) is 13.2 Å². The van der Waals surface area contributed by atoms with Crippen molar-refractivity contribution in [2.75, 3.05) is 6.54 Å². The molecule has 1 aromatic heterocycles. The number of aromatic amines is 1. The number of nitrogens with one attached hydrogen (secondary N) is 2. The monoisotopic (exact) mass is 283 g/mol. The van der Waals surface area contributed by atoms with E-state index in [4.69, 9.17) is 0 Å². The maximum absolute atomic E-state index is 12.7. The van der Waals surface area contributed by atoms with Crippen LogP contribution < -0.4 is 5.32 Å². The lowest BCUT2D eigenvalue weighted by Crippen LogP contribution is -2.37. The second-order valence-corrected chi connectivity index (χ2v) is 5.28. The first-order chi connectivity index (χ1) is 9.44. The quantitative estimate of drug-likeness (QED) is 0.884. The lowest BCUT2D eigenvalue weighted by molar-refractivity contribution is -0.137. The Kier molecular flexibility index (Phi) is 3.01. The van der Waals surface area contributed by atoms with Gasteiger partial charge in [-0.15, -0.1) is 0 Å². The average molecular weight is 283 g/mol. The summed E-state index contributed by atoms with van der Waals surface area (Å²) in [5, 5.41) is 3.43. The van der Waals surface area contributed by atoms with Gasteiger partial charge in [-0.3, -0.25) is 0 Å². The third-order valence-electron chi connectivity index (χ3n) is 4.11.